The van der Waals surface area contributed by atoms with Crippen LogP contribution >= 0.6 is 0 Å². The fraction of sp³-hybridized carbons (Fsp3) is 1.00. The average Bonchev–Trinajstić information content (AvgIpc) is 2.94. The van der Waals surface area contributed by atoms with Crippen molar-refractivity contribution >= 4 is 0 Å². The Labute approximate surface area is 86.2 Å². The first-order valence-corrected chi connectivity index (χ1v) is 6.17. The van der Waals surface area contributed by atoms with Crippen molar-refractivity contribution in [2.75, 3.05) is 39.8 Å². The van der Waals surface area contributed by atoms with Crippen molar-refractivity contribution in [3.05, 3.63) is 0 Å². The van der Waals surface area contributed by atoms with Crippen LogP contribution in [0.3, 0.4) is 0 Å². The lowest BCUT2D eigenvalue weighted by Gasteiger charge is -2.40. The van der Waals surface area contributed by atoms with Crippen LogP contribution < -0.4 is 0 Å². The van der Waals surface area contributed by atoms with E-state index in [-0.39, 0.29) is 0 Å². The molecule has 0 aromatic rings. The number of fused-ring (bicyclic) bond motifs is 1. The zero-order valence-corrected chi connectivity index (χ0v) is 9.08. The topological polar surface area (TPSA) is 6.48 Å². The highest BCUT2D eigenvalue weighted by atomic mass is 15.2. The summed E-state index contributed by atoms with van der Waals surface area (Å²) in [6.45, 7) is 7.09. The summed E-state index contributed by atoms with van der Waals surface area (Å²) in [7, 11) is 2.27. The number of nitrogens with zero attached hydrogens (tertiary/aromatic N) is 2. The van der Waals surface area contributed by atoms with E-state index in [4.69, 9.17) is 0 Å². The summed E-state index contributed by atoms with van der Waals surface area (Å²) in [4.78, 5) is 5.22. The summed E-state index contributed by atoms with van der Waals surface area (Å²) in [5.41, 5.74) is 0.862. The van der Waals surface area contributed by atoms with Crippen molar-refractivity contribution in [1.82, 2.24) is 9.80 Å². The van der Waals surface area contributed by atoms with Crippen LogP contribution in [0.2, 0.25) is 0 Å². The lowest BCUT2D eigenvalue weighted by Crippen LogP contribution is -2.49. The molecule has 4 fully saturated rings. The molecule has 0 aromatic carbocycles. The summed E-state index contributed by atoms with van der Waals surface area (Å²) in [6.07, 6.45) is 3.06. The Hall–Kier alpha value is -0.0800. The quantitative estimate of drug-likeness (QED) is 0.641. The molecule has 0 bridgehead atoms. The molecule has 2 nitrogen and oxygen atoms in total. The van der Waals surface area contributed by atoms with Crippen LogP contribution in [0.1, 0.15) is 12.8 Å². The first-order chi connectivity index (χ1) is 6.76. The molecule has 2 saturated carbocycles. The van der Waals surface area contributed by atoms with Crippen LogP contribution in [0.5, 0.6) is 0 Å². The lowest BCUT2D eigenvalue weighted by molar-refractivity contribution is 0.0710. The van der Waals surface area contributed by atoms with E-state index in [0.29, 0.717) is 0 Å². The molecular formula is C12H20N2. The molecule has 2 heterocycles. The molecule has 0 aromatic heterocycles. The summed E-state index contributed by atoms with van der Waals surface area (Å²) >= 11 is 0. The molecule has 2 unspecified atom stereocenters. The molecule has 78 valence electrons. The highest BCUT2D eigenvalue weighted by molar-refractivity contribution is 5.10. The smallest absolute Gasteiger partial charge is 0.00506 e. The van der Waals surface area contributed by atoms with Crippen molar-refractivity contribution in [1.29, 1.82) is 0 Å². The predicted octanol–water partition coefficient (Wildman–Crippen LogP) is 0.890. The molecule has 2 atom stereocenters. The minimum atomic E-state index is 0.862. The van der Waals surface area contributed by atoms with Crippen LogP contribution in [-0.2, 0) is 0 Å². The largest absolute Gasteiger partial charge is 0.306 e. The first kappa shape index (κ1) is 8.12. The van der Waals surface area contributed by atoms with E-state index >= 15 is 0 Å². The van der Waals surface area contributed by atoms with Gasteiger partial charge in [-0.3, -0.25) is 0 Å². The van der Waals surface area contributed by atoms with Gasteiger partial charge >= 0.3 is 0 Å². The second kappa shape index (κ2) is 2.35. The number of hydrogen-bond acceptors (Lipinski definition) is 2. The highest BCUT2D eigenvalue weighted by Gasteiger charge is 2.58. The molecule has 2 aliphatic heterocycles. The Morgan fingerprint density at radius 1 is 1.14 bits per heavy atom. The molecule has 0 amide bonds. The van der Waals surface area contributed by atoms with Crippen LogP contribution in [0, 0.1) is 23.2 Å². The Balaban J connectivity index is 1.29. The summed E-state index contributed by atoms with van der Waals surface area (Å²) < 4.78 is 0. The third-order valence-electron chi connectivity index (χ3n) is 5.10. The van der Waals surface area contributed by atoms with Gasteiger partial charge in [0.05, 0.1) is 0 Å². The van der Waals surface area contributed by atoms with E-state index < -0.39 is 0 Å². The molecule has 4 rings (SSSR count). The van der Waals surface area contributed by atoms with Gasteiger partial charge in [0, 0.05) is 32.7 Å². The van der Waals surface area contributed by atoms with Gasteiger partial charge in [-0.1, -0.05) is 0 Å². The van der Waals surface area contributed by atoms with E-state index in [1.807, 2.05) is 0 Å². The normalized spacial score (nSPS) is 49.1. The molecule has 2 saturated heterocycles. The molecule has 2 heteroatoms. The fourth-order valence-electron chi connectivity index (χ4n) is 3.95. The van der Waals surface area contributed by atoms with Crippen LogP contribution in [0.15, 0.2) is 0 Å². The Bertz CT molecular complexity index is 251. The van der Waals surface area contributed by atoms with E-state index in [9.17, 15) is 0 Å². The molecule has 0 N–H and O–H groups in total. The second-order valence-electron chi connectivity index (χ2n) is 6.38. The predicted molar refractivity (Wildman–Crippen MR) is 56.1 cm³/mol. The maximum Gasteiger partial charge on any atom is 0.00506 e. The van der Waals surface area contributed by atoms with Gasteiger partial charge in [-0.2, -0.15) is 0 Å². The third-order valence-corrected chi connectivity index (χ3v) is 5.10. The molecular weight excluding hydrogens is 172 g/mol. The Morgan fingerprint density at radius 3 is 2.36 bits per heavy atom. The molecule has 4 aliphatic rings. The standard InChI is InChI=1S/C12H20N2/c1-13-4-9-10(5-13)11(9)6-14-7-12(8-14)2-3-12/h9-11H,2-8H2,1H3. The highest BCUT2D eigenvalue weighted by Crippen LogP contribution is 2.56. The maximum absolute atomic E-state index is 2.72. The molecule has 2 aliphatic carbocycles. The number of rotatable bonds is 2. The number of likely N-dealkylation sites (tertiary alicyclic amines) is 2. The van der Waals surface area contributed by atoms with E-state index in [1.54, 1.807) is 0 Å². The van der Waals surface area contributed by atoms with Crippen molar-refractivity contribution in [3.8, 4) is 0 Å². The minimum absolute atomic E-state index is 0.862. The SMILES string of the molecule is CN1CC2C(C1)C2CN1CC2(CC2)C1. The van der Waals surface area contributed by atoms with Crippen LogP contribution in [0.4, 0.5) is 0 Å². The molecule has 0 radical (unpaired) electrons. The zero-order valence-electron chi connectivity index (χ0n) is 9.08. The minimum Gasteiger partial charge on any atom is -0.306 e. The monoisotopic (exact) mass is 192 g/mol. The zero-order chi connectivity index (χ0) is 9.34. The molecule has 14 heavy (non-hydrogen) atoms. The number of hydrogen-bond donors (Lipinski definition) is 0. The van der Waals surface area contributed by atoms with Gasteiger partial charge < -0.3 is 9.80 Å². The second-order valence-corrected chi connectivity index (χ2v) is 6.38. The van der Waals surface area contributed by atoms with E-state index in [2.05, 4.69) is 16.8 Å². The Kier molecular flexibility index (Phi) is 1.37. The lowest BCUT2D eigenvalue weighted by atomic mass is 9.96. The maximum atomic E-state index is 2.72. The van der Waals surface area contributed by atoms with Crippen molar-refractivity contribution in [2.24, 2.45) is 23.2 Å². The van der Waals surface area contributed by atoms with Crippen molar-refractivity contribution in [2.45, 2.75) is 12.8 Å². The summed E-state index contributed by atoms with van der Waals surface area (Å²) in [6, 6.07) is 0. The number of piperidine rings is 1. The van der Waals surface area contributed by atoms with Crippen molar-refractivity contribution in [3.63, 3.8) is 0 Å². The van der Waals surface area contributed by atoms with Gasteiger partial charge in [-0.25, -0.2) is 0 Å². The van der Waals surface area contributed by atoms with Gasteiger partial charge in [0.25, 0.3) is 0 Å². The van der Waals surface area contributed by atoms with Gasteiger partial charge in [-0.15, -0.1) is 0 Å². The van der Waals surface area contributed by atoms with Crippen LogP contribution in [-0.4, -0.2) is 49.6 Å². The average molecular weight is 192 g/mol. The first-order valence-electron chi connectivity index (χ1n) is 6.17. The third kappa shape index (κ3) is 1.04. The van der Waals surface area contributed by atoms with Gasteiger partial charge in [0.1, 0.15) is 0 Å². The van der Waals surface area contributed by atoms with E-state index in [0.717, 1.165) is 23.2 Å². The summed E-state index contributed by atoms with van der Waals surface area (Å²) in [5.74, 6) is 3.24. The fourth-order valence-corrected chi connectivity index (χ4v) is 3.95. The van der Waals surface area contributed by atoms with Gasteiger partial charge in [-0.05, 0) is 43.1 Å². The summed E-state index contributed by atoms with van der Waals surface area (Å²) in [5, 5.41) is 0. The van der Waals surface area contributed by atoms with Crippen LogP contribution in [0.25, 0.3) is 0 Å². The van der Waals surface area contributed by atoms with Gasteiger partial charge in [0.2, 0.25) is 0 Å². The Morgan fingerprint density at radius 2 is 1.79 bits per heavy atom. The van der Waals surface area contributed by atoms with E-state index in [1.165, 1.54) is 45.6 Å². The van der Waals surface area contributed by atoms with Gasteiger partial charge in [0.15, 0.2) is 0 Å². The van der Waals surface area contributed by atoms with Crippen molar-refractivity contribution < 1.29 is 0 Å². The molecule has 1 spiro atoms.